The number of rotatable bonds is 3. The average Bonchev–Trinajstić information content (AvgIpc) is 2.19. The summed E-state index contributed by atoms with van der Waals surface area (Å²) in [6, 6.07) is 2.82. The van der Waals surface area contributed by atoms with Crippen LogP contribution in [0.25, 0.3) is 0 Å². The van der Waals surface area contributed by atoms with Crippen molar-refractivity contribution in [3.63, 3.8) is 0 Å². The van der Waals surface area contributed by atoms with Gasteiger partial charge in [0.1, 0.15) is 0 Å². The molecular formula is C9H7Cl2NO4. The lowest BCUT2D eigenvalue weighted by molar-refractivity contribution is -0.727. The Kier molecular flexibility index (Phi) is 4.09. The molecule has 1 rings (SSSR count). The highest BCUT2D eigenvalue weighted by Gasteiger charge is 2.17. The van der Waals surface area contributed by atoms with Gasteiger partial charge in [0.25, 0.3) is 0 Å². The predicted molar refractivity (Wildman–Crippen MR) is 58.2 cm³/mol. The molecule has 1 aromatic carbocycles. The normalized spacial score (nSPS) is 9.94. The standard InChI is InChI=1S/C9H7Cl2NO4/c1-2-5-3-6(10)4-7(8(5)11)9(13)16-12(14)15/h3-4H,2H2,1H3. The molecule has 1 aromatic rings. The van der Waals surface area contributed by atoms with E-state index in [-0.39, 0.29) is 15.6 Å². The van der Waals surface area contributed by atoms with Crippen LogP contribution in [0, 0.1) is 10.1 Å². The topological polar surface area (TPSA) is 69.4 Å². The summed E-state index contributed by atoms with van der Waals surface area (Å²) in [7, 11) is 0. The molecule has 7 heteroatoms. The first-order valence-corrected chi connectivity index (χ1v) is 5.06. The SMILES string of the molecule is CCc1cc(Cl)cc(C(=O)O[N+](=O)[O-])c1Cl. The van der Waals surface area contributed by atoms with Crippen LogP contribution in [0.5, 0.6) is 0 Å². The fourth-order valence-electron chi connectivity index (χ4n) is 1.17. The zero-order chi connectivity index (χ0) is 12.3. The minimum atomic E-state index is -1.19. The zero-order valence-electron chi connectivity index (χ0n) is 8.20. The molecule has 0 N–H and O–H groups in total. The average molecular weight is 264 g/mol. The summed E-state index contributed by atoms with van der Waals surface area (Å²) >= 11 is 11.6. The van der Waals surface area contributed by atoms with Gasteiger partial charge in [0, 0.05) is 5.02 Å². The van der Waals surface area contributed by atoms with Gasteiger partial charge in [0.2, 0.25) is 0 Å². The Labute approximate surface area is 101 Å². The van der Waals surface area contributed by atoms with E-state index in [1.165, 1.54) is 6.07 Å². The first-order valence-electron chi connectivity index (χ1n) is 4.30. The Morgan fingerprint density at radius 1 is 1.50 bits per heavy atom. The first-order chi connectivity index (χ1) is 7.45. The minimum Gasteiger partial charge on any atom is -0.262 e. The van der Waals surface area contributed by atoms with Crippen LogP contribution in [0.1, 0.15) is 22.8 Å². The highest BCUT2D eigenvalue weighted by atomic mass is 35.5. The third-order valence-corrected chi connectivity index (χ3v) is 2.54. The number of aryl methyl sites for hydroxylation is 1. The molecule has 0 saturated carbocycles. The van der Waals surface area contributed by atoms with Crippen molar-refractivity contribution in [3.05, 3.63) is 43.4 Å². The lowest BCUT2D eigenvalue weighted by Gasteiger charge is -2.07. The molecule has 0 unspecified atom stereocenters. The van der Waals surface area contributed by atoms with E-state index >= 15 is 0 Å². The molecule has 0 saturated heterocycles. The maximum Gasteiger partial charge on any atom is 0.335 e. The number of benzene rings is 1. The van der Waals surface area contributed by atoms with Crippen molar-refractivity contribution >= 4 is 29.2 Å². The second-order valence-electron chi connectivity index (χ2n) is 2.88. The Balaban J connectivity index is 3.17. The number of nitrogens with zero attached hydrogens (tertiary/aromatic N) is 1. The smallest absolute Gasteiger partial charge is 0.262 e. The van der Waals surface area contributed by atoms with Crippen molar-refractivity contribution < 1.29 is 14.7 Å². The Bertz CT molecular complexity index is 447. The lowest BCUT2D eigenvalue weighted by Crippen LogP contribution is -2.11. The summed E-state index contributed by atoms with van der Waals surface area (Å²) in [5, 5.41) is 9.23. The van der Waals surface area contributed by atoms with E-state index < -0.39 is 11.1 Å². The number of hydrogen-bond acceptors (Lipinski definition) is 4. The van der Waals surface area contributed by atoms with Crippen LogP contribution in [-0.4, -0.2) is 11.1 Å². The summed E-state index contributed by atoms with van der Waals surface area (Å²) in [4.78, 5) is 25.1. The molecular weight excluding hydrogens is 257 g/mol. The lowest BCUT2D eigenvalue weighted by atomic mass is 10.1. The van der Waals surface area contributed by atoms with Gasteiger partial charge in [-0.2, -0.15) is 0 Å². The van der Waals surface area contributed by atoms with Crippen LogP contribution in [-0.2, 0) is 11.3 Å². The van der Waals surface area contributed by atoms with Gasteiger partial charge in [-0.25, -0.2) is 4.84 Å². The number of halogens is 2. The number of carbonyl (C=O) groups excluding carboxylic acids is 1. The van der Waals surface area contributed by atoms with Crippen LogP contribution in [0.4, 0.5) is 0 Å². The van der Waals surface area contributed by atoms with Crippen LogP contribution in [0.15, 0.2) is 12.1 Å². The van der Waals surface area contributed by atoms with E-state index in [1.807, 2.05) is 6.92 Å². The molecule has 0 amide bonds. The summed E-state index contributed by atoms with van der Waals surface area (Å²) in [5.74, 6) is -1.13. The summed E-state index contributed by atoms with van der Waals surface area (Å²) in [5.41, 5.74) is 0.521. The molecule has 0 fully saturated rings. The first kappa shape index (κ1) is 12.7. The van der Waals surface area contributed by atoms with Crippen molar-refractivity contribution in [3.8, 4) is 0 Å². The van der Waals surface area contributed by atoms with Gasteiger partial charge < -0.3 is 0 Å². The molecule has 0 aromatic heterocycles. The molecule has 0 aliphatic heterocycles. The van der Waals surface area contributed by atoms with Gasteiger partial charge in [0.05, 0.1) is 10.6 Å². The number of carbonyl (C=O) groups is 1. The van der Waals surface area contributed by atoms with Crippen molar-refractivity contribution in [1.29, 1.82) is 0 Å². The summed E-state index contributed by atoms with van der Waals surface area (Å²) in [6.45, 7) is 1.82. The van der Waals surface area contributed by atoms with Crippen LogP contribution in [0.2, 0.25) is 10.0 Å². The van der Waals surface area contributed by atoms with Crippen LogP contribution < -0.4 is 0 Å². The third kappa shape index (κ3) is 2.84. The van der Waals surface area contributed by atoms with E-state index in [9.17, 15) is 14.9 Å². The molecule has 0 atom stereocenters. The molecule has 0 spiro atoms. The summed E-state index contributed by atoms with van der Waals surface area (Å²) < 4.78 is 0. The Morgan fingerprint density at radius 3 is 2.62 bits per heavy atom. The van der Waals surface area contributed by atoms with Gasteiger partial charge >= 0.3 is 11.1 Å². The van der Waals surface area contributed by atoms with E-state index in [4.69, 9.17) is 23.2 Å². The van der Waals surface area contributed by atoms with Gasteiger partial charge in [-0.1, -0.05) is 30.1 Å². The molecule has 0 radical (unpaired) electrons. The second kappa shape index (κ2) is 5.14. The highest BCUT2D eigenvalue weighted by molar-refractivity contribution is 6.36. The summed E-state index contributed by atoms with van der Waals surface area (Å²) in [6.07, 6.45) is 0.554. The predicted octanol–water partition coefficient (Wildman–Crippen LogP) is 2.90. The maximum atomic E-state index is 11.3. The fourth-order valence-corrected chi connectivity index (χ4v) is 1.73. The van der Waals surface area contributed by atoms with Crippen molar-refractivity contribution in [2.75, 3.05) is 0 Å². The van der Waals surface area contributed by atoms with Gasteiger partial charge in [-0.05, 0) is 24.1 Å². The van der Waals surface area contributed by atoms with E-state index in [0.29, 0.717) is 12.0 Å². The molecule has 0 aliphatic rings. The maximum absolute atomic E-state index is 11.3. The van der Waals surface area contributed by atoms with E-state index in [2.05, 4.69) is 4.84 Å². The van der Waals surface area contributed by atoms with Gasteiger partial charge in [-0.15, -0.1) is 10.1 Å². The zero-order valence-corrected chi connectivity index (χ0v) is 9.71. The molecule has 0 aliphatic carbocycles. The largest absolute Gasteiger partial charge is 0.335 e. The van der Waals surface area contributed by atoms with Crippen LogP contribution >= 0.6 is 23.2 Å². The van der Waals surface area contributed by atoms with E-state index in [1.54, 1.807) is 6.07 Å². The van der Waals surface area contributed by atoms with Crippen molar-refractivity contribution in [1.82, 2.24) is 0 Å². The number of hydrogen-bond donors (Lipinski definition) is 0. The molecule has 0 heterocycles. The Hall–Kier alpha value is -1.33. The van der Waals surface area contributed by atoms with E-state index in [0.717, 1.165) is 0 Å². The molecule has 5 nitrogen and oxygen atoms in total. The van der Waals surface area contributed by atoms with Gasteiger partial charge in [0.15, 0.2) is 0 Å². The fraction of sp³-hybridized carbons (Fsp3) is 0.222. The second-order valence-corrected chi connectivity index (χ2v) is 3.70. The highest BCUT2D eigenvalue weighted by Crippen LogP contribution is 2.26. The monoisotopic (exact) mass is 263 g/mol. The molecule has 0 bridgehead atoms. The minimum absolute atomic E-state index is 0.109. The van der Waals surface area contributed by atoms with Crippen molar-refractivity contribution in [2.45, 2.75) is 13.3 Å². The molecule has 16 heavy (non-hydrogen) atoms. The molecule has 86 valence electrons. The van der Waals surface area contributed by atoms with Crippen molar-refractivity contribution in [2.24, 2.45) is 0 Å². The quantitative estimate of drug-likeness (QED) is 0.621. The third-order valence-electron chi connectivity index (χ3n) is 1.87. The van der Waals surface area contributed by atoms with Gasteiger partial charge in [-0.3, -0.25) is 4.79 Å². The Morgan fingerprint density at radius 2 is 2.12 bits per heavy atom. The van der Waals surface area contributed by atoms with Crippen LogP contribution in [0.3, 0.4) is 0 Å².